The van der Waals surface area contributed by atoms with Crippen molar-refractivity contribution in [2.24, 2.45) is 5.92 Å². The fourth-order valence-corrected chi connectivity index (χ4v) is 1.31. The monoisotopic (exact) mass is 184 g/mol. The van der Waals surface area contributed by atoms with E-state index in [9.17, 15) is 4.79 Å². The highest BCUT2D eigenvalue weighted by molar-refractivity contribution is 5.81. The molecule has 0 atom stereocenters. The molecule has 1 rings (SSSR count). The Morgan fingerprint density at radius 3 is 2.85 bits per heavy atom. The van der Waals surface area contributed by atoms with Gasteiger partial charge in [-0.15, -0.1) is 0 Å². The van der Waals surface area contributed by atoms with Crippen LogP contribution in [-0.2, 0) is 14.3 Å². The van der Waals surface area contributed by atoms with E-state index in [0.29, 0.717) is 12.5 Å². The topological polar surface area (TPSA) is 35.5 Å². The number of hydrogen-bond acceptors (Lipinski definition) is 3. The molecule has 3 nitrogen and oxygen atoms in total. The first-order valence-corrected chi connectivity index (χ1v) is 4.75. The van der Waals surface area contributed by atoms with Crippen LogP contribution in [0.15, 0.2) is 12.2 Å². The second kappa shape index (κ2) is 5.75. The molecule has 1 aliphatic rings. The summed E-state index contributed by atoms with van der Waals surface area (Å²) in [5.41, 5.74) is 0. The van der Waals surface area contributed by atoms with Crippen molar-refractivity contribution >= 4 is 5.97 Å². The fourth-order valence-electron chi connectivity index (χ4n) is 1.31. The van der Waals surface area contributed by atoms with E-state index in [2.05, 4.69) is 0 Å². The molecule has 1 heterocycles. The van der Waals surface area contributed by atoms with Crippen molar-refractivity contribution in [1.82, 2.24) is 0 Å². The molecule has 1 aliphatic heterocycles. The van der Waals surface area contributed by atoms with Gasteiger partial charge in [0.25, 0.3) is 0 Å². The average molecular weight is 184 g/mol. The normalized spacial score (nSPS) is 19.2. The maximum atomic E-state index is 10.9. The van der Waals surface area contributed by atoms with Gasteiger partial charge in [0.2, 0.25) is 0 Å². The third kappa shape index (κ3) is 4.08. The number of rotatable bonds is 3. The SMILES string of the molecule is CCOC(=O)/C=C\C1CCOCC1. The van der Waals surface area contributed by atoms with Crippen LogP contribution in [0.1, 0.15) is 19.8 Å². The van der Waals surface area contributed by atoms with Crippen LogP contribution in [0.2, 0.25) is 0 Å². The Hall–Kier alpha value is -0.830. The molecule has 0 aromatic carbocycles. The van der Waals surface area contributed by atoms with Crippen molar-refractivity contribution in [2.75, 3.05) is 19.8 Å². The van der Waals surface area contributed by atoms with Crippen LogP contribution in [0.25, 0.3) is 0 Å². The second-order valence-electron chi connectivity index (χ2n) is 3.06. The molecule has 0 bridgehead atoms. The Balaban J connectivity index is 2.24. The predicted molar refractivity (Wildman–Crippen MR) is 49.3 cm³/mol. The summed E-state index contributed by atoms with van der Waals surface area (Å²) in [6.45, 7) is 3.85. The van der Waals surface area contributed by atoms with E-state index < -0.39 is 0 Å². The predicted octanol–water partition coefficient (Wildman–Crippen LogP) is 1.53. The van der Waals surface area contributed by atoms with Crippen LogP contribution in [-0.4, -0.2) is 25.8 Å². The highest BCUT2D eigenvalue weighted by Crippen LogP contribution is 2.15. The van der Waals surface area contributed by atoms with E-state index in [1.54, 1.807) is 6.92 Å². The lowest BCUT2D eigenvalue weighted by atomic mass is 10.00. The van der Waals surface area contributed by atoms with Gasteiger partial charge in [-0.1, -0.05) is 6.08 Å². The first kappa shape index (κ1) is 10.3. The van der Waals surface area contributed by atoms with Crippen LogP contribution in [0.3, 0.4) is 0 Å². The van der Waals surface area contributed by atoms with Gasteiger partial charge in [-0.25, -0.2) is 4.79 Å². The van der Waals surface area contributed by atoms with Crippen LogP contribution < -0.4 is 0 Å². The van der Waals surface area contributed by atoms with Crippen molar-refractivity contribution in [1.29, 1.82) is 0 Å². The van der Waals surface area contributed by atoms with Gasteiger partial charge in [-0.05, 0) is 25.7 Å². The van der Waals surface area contributed by atoms with Crippen LogP contribution >= 0.6 is 0 Å². The number of allylic oxidation sites excluding steroid dienone is 1. The Morgan fingerprint density at radius 2 is 2.23 bits per heavy atom. The molecule has 1 fully saturated rings. The molecule has 0 unspecified atom stereocenters. The van der Waals surface area contributed by atoms with Crippen LogP contribution in [0, 0.1) is 5.92 Å². The molecular weight excluding hydrogens is 168 g/mol. The lowest BCUT2D eigenvalue weighted by molar-refractivity contribution is -0.137. The first-order chi connectivity index (χ1) is 6.33. The molecule has 0 radical (unpaired) electrons. The Morgan fingerprint density at radius 1 is 1.54 bits per heavy atom. The summed E-state index contributed by atoms with van der Waals surface area (Å²) in [5.74, 6) is 0.243. The van der Waals surface area contributed by atoms with E-state index in [0.717, 1.165) is 26.1 Å². The van der Waals surface area contributed by atoms with Gasteiger partial charge in [-0.3, -0.25) is 0 Å². The van der Waals surface area contributed by atoms with Crippen molar-refractivity contribution in [3.8, 4) is 0 Å². The van der Waals surface area contributed by atoms with Crippen LogP contribution in [0.4, 0.5) is 0 Å². The van der Waals surface area contributed by atoms with Gasteiger partial charge in [-0.2, -0.15) is 0 Å². The summed E-state index contributed by atoms with van der Waals surface area (Å²) in [4.78, 5) is 10.9. The van der Waals surface area contributed by atoms with Crippen molar-refractivity contribution < 1.29 is 14.3 Å². The summed E-state index contributed by atoms with van der Waals surface area (Å²) in [6, 6.07) is 0. The number of hydrogen-bond donors (Lipinski definition) is 0. The second-order valence-corrected chi connectivity index (χ2v) is 3.06. The molecule has 0 aromatic heterocycles. The van der Waals surface area contributed by atoms with Crippen LogP contribution in [0.5, 0.6) is 0 Å². The van der Waals surface area contributed by atoms with Crippen molar-refractivity contribution in [3.05, 3.63) is 12.2 Å². The lowest BCUT2D eigenvalue weighted by Gasteiger charge is -2.18. The molecule has 74 valence electrons. The zero-order valence-corrected chi connectivity index (χ0v) is 7.99. The molecule has 0 amide bonds. The number of carbonyl (C=O) groups excluding carboxylic acids is 1. The van der Waals surface area contributed by atoms with Gasteiger partial charge in [0, 0.05) is 19.3 Å². The van der Waals surface area contributed by atoms with E-state index in [1.807, 2.05) is 6.08 Å². The smallest absolute Gasteiger partial charge is 0.330 e. The molecular formula is C10H16O3. The highest BCUT2D eigenvalue weighted by atomic mass is 16.5. The first-order valence-electron chi connectivity index (χ1n) is 4.75. The minimum absolute atomic E-state index is 0.242. The van der Waals surface area contributed by atoms with E-state index in [1.165, 1.54) is 6.08 Å². The van der Waals surface area contributed by atoms with Gasteiger partial charge >= 0.3 is 5.97 Å². The summed E-state index contributed by atoms with van der Waals surface area (Å²) in [5, 5.41) is 0. The lowest BCUT2D eigenvalue weighted by Crippen LogP contribution is -2.14. The molecule has 13 heavy (non-hydrogen) atoms. The van der Waals surface area contributed by atoms with Gasteiger partial charge in [0.15, 0.2) is 0 Å². The fraction of sp³-hybridized carbons (Fsp3) is 0.700. The molecule has 0 N–H and O–H groups in total. The number of esters is 1. The molecule has 0 spiro atoms. The van der Waals surface area contributed by atoms with E-state index in [4.69, 9.17) is 9.47 Å². The molecule has 1 saturated heterocycles. The standard InChI is InChI=1S/C10H16O3/c1-2-13-10(11)4-3-9-5-7-12-8-6-9/h3-4,9H,2,5-8H2,1H3/b4-3-. The Labute approximate surface area is 78.7 Å². The van der Waals surface area contributed by atoms with Gasteiger partial charge < -0.3 is 9.47 Å². The van der Waals surface area contributed by atoms with Gasteiger partial charge in [0.1, 0.15) is 0 Å². The number of ether oxygens (including phenoxy) is 2. The summed E-state index contributed by atoms with van der Waals surface area (Å²) < 4.78 is 9.98. The summed E-state index contributed by atoms with van der Waals surface area (Å²) >= 11 is 0. The van der Waals surface area contributed by atoms with Crippen molar-refractivity contribution in [2.45, 2.75) is 19.8 Å². The zero-order chi connectivity index (χ0) is 9.52. The molecule has 0 aromatic rings. The molecule has 0 aliphatic carbocycles. The largest absolute Gasteiger partial charge is 0.463 e. The molecule has 0 saturated carbocycles. The van der Waals surface area contributed by atoms with Gasteiger partial charge in [0.05, 0.1) is 6.61 Å². The Kier molecular flexibility index (Phi) is 4.54. The summed E-state index contributed by atoms with van der Waals surface area (Å²) in [7, 11) is 0. The quantitative estimate of drug-likeness (QED) is 0.493. The van der Waals surface area contributed by atoms with E-state index in [-0.39, 0.29) is 5.97 Å². The zero-order valence-electron chi connectivity index (χ0n) is 7.99. The highest BCUT2D eigenvalue weighted by Gasteiger charge is 2.10. The summed E-state index contributed by atoms with van der Waals surface area (Å²) in [6.07, 6.45) is 5.48. The maximum Gasteiger partial charge on any atom is 0.330 e. The third-order valence-corrected chi connectivity index (χ3v) is 2.06. The number of carbonyl (C=O) groups is 1. The Bertz CT molecular complexity index is 181. The minimum Gasteiger partial charge on any atom is -0.463 e. The average Bonchev–Trinajstić information content (AvgIpc) is 2.17. The van der Waals surface area contributed by atoms with E-state index >= 15 is 0 Å². The minimum atomic E-state index is -0.242. The third-order valence-electron chi connectivity index (χ3n) is 2.06. The molecule has 3 heteroatoms. The van der Waals surface area contributed by atoms with Crippen molar-refractivity contribution in [3.63, 3.8) is 0 Å². The maximum absolute atomic E-state index is 10.9.